The van der Waals surface area contributed by atoms with Crippen LogP contribution in [-0.2, 0) is 9.59 Å². The van der Waals surface area contributed by atoms with Crippen LogP contribution in [0.3, 0.4) is 0 Å². The fourth-order valence-corrected chi connectivity index (χ4v) is 3.86. The van der Waals surface area contributed by atoms with Crippen LogP contribution < -0.4 is 5.32 Å². The number of allylic oxidation sites excluding steroid dienone is 4. The van der Waals surface area contributed by atoms with Crippen molar-refractivity contribution in [1.82, 2.24) is 10.3 Å². The van der Waals surface area contributed by atoms with Gasteiger partial charge in [0.05, 0.1) is 5.56 Å². The topological polar surface area (TPSA) is 96.4 Å². The van der Waals surface area contributed by atoms with E-state index in [1.165, 1.54) is 6.07 Å². The molecular weight excluding hydrogens is 392 g/mol. The van der Waals surface area contributed by atoms with Crippen LogP contribution in [0.15, 0.2) is 71.1 Å². The molecule has 1 aromatic heterocycles. The number of pyridine rings is 1. The Labute approximate surface area is 181 Å². The van der Waals surface area contributed by atoms with Gasteiger partial charge in [0, 0.05) is 47.1 Å². The summed E-state index contributed by atoms with van der Waals surface area (Å²) in [5, 5.41) is 12.6. The maximum Gasteiger partial charge on any atom is 0.255 e. The van der Waals surface area contributed by atoms with Crippen molar-refractivity contribution in [3.63, 3.8) is 0 Å². The molecule has 1 amide bonds. The first-order valence-electron chi connectivity index (χ1n) is 10.3. The number of phenols is 1. The molecule has 1 aromatic carbocycles. The van der Waals surface area contributed by atoms with Crippen LogP contribution in [0.4, 0.5) is 0 Å². The summed E-state index contributed by atoms with van der Waals surface area (Å²) >= 11 is 0. The molecule has 2 aromatic rings. The summed E-state index contributed by atoms with van der Waals surface area (Å²) in [7, 11) is 0. The van der Waals surface area contributed by atoms with E-state index in [1.54, 1.807) is 57.4 Å². The lowest BCUT2D eigenvalue weighted by Gasteiger charge is -2.26. The Bertz CT molecular complexity index is 1080. The van der Waals surface area contributed by atoms with Crippen molar-refractivity contribution < 1.29 is 19.5 Å². The van der Waals surface area contributed by atoms with E-state index in [4.69, 9.17) is 0 Å². The molecule has 0 aliphatic heterocycles. The summed E-state index contributed by atoms with van der Waals surface area (Å²) in [5.74, 6) is -0.937. The average molecular weight is 418 g/mol. The molecule has 1 atom stereocenters. The minimum atomic E-state index is -0.357. The van der Waals surface area contributed by atoms with Crippen molar-refractivity contribution in [2.45, 2.75) is 39.5 Å². The predicted octanol–water partition coefficient (Wildman–Crippen LogP) is 3.89. The molecule has 3 rings (SSSR count). The van der Waals surface area contributed by atoms with Gasteiger partial charge in [0.2, 0.25) is 0 Å². The van der Waals surface area contributed by atoms with Gasteiger partial charge in [0.25, 0.3) is 5.91 Å². The third-order valence-corrected chi connectivity index (χ3v) is 5.77. The molecule has 1 aliphatic rings. The second-order valence-electron chi connectivity index (χ2n) is 7.70. The molecule has 6 nitrogen and oxygen atoms in total. The number of phenolic OH excluding ortho intramolecular Hbond substituents is 1. The number of nitrogens with one attached hydrogen (secondary N) is 1. The lowest BCUT2D eigenvalue weighted by molar-refractivity contribution is -0.116. The largest absolute Gasteiger partial charge is 0.507 e. The highest BCUT2D eigenvalue weighted by molar-refractivity contribution is 6.25. The summed E-state index contributed by atoms with van der Waals surface area (Å²) in [6.07, 6.45) is 4.52. The van der Waals surface area contributed by atoms with Crippen LogP contribution >= 0.6 is 0 Å². The number of hydrogen-bond acceptors (Lipinski definition) is 5. The van der Waals surface area contributed by atoms with E-state index in [1.807, 2.05) is 6.07 Å². The Hall–Kier alpha value is -3.54. The van der Waals surface area contributed by atoms with Crippen molar-refractivity contribution in [1.29, 1.82) is 0 Å². The number of aromatic nitrogens is 1. The van der Waals surface area contributed by atoms with Crippen LogP contribution in [0.25, 0.3) is 0 Å². The normalized spacial score (nSPS) is 15.3. The van der Waals surface area contributed by atoms with Gasteiger partial charge in [-0.2, -0.15) is 0 Å². The third kappa shape index (κ3) is 4.63. The van der Waals surface area contributed by atoms with Crippen molar-refractivity contribution in [3.8, 4) is 5.75 Å². The predicted molar refractivity (Wildman–Crippen MR) is 118 cm³/mol. The van der Waals surface area contributed by atoms with Crippen molar-refractivity contribution in [2.24, 2.45) is 0 Å². The van der Waals surface area contributed by atoms with E-state index < -0.39 is 0 Å². The second kappa shape index (κ2) is 9.51. The average Bonchev–Trinajstić information content (AvgIpc) is 2.78. The van der Waals surface area contributed by atoms with Gasteiger partial charge in [0.1, 0.15) is 5.75 Å². The number of aromatic hydroxyl groups is 1. The fraction of sp³-hybridized carbons (Fsp3) is 0.280. The van der Waals surface area contributed by atoms with Crippen LogP contribution in [0.1, 0.15) is 55.5 Å². The molecule has 6 heteroatoms. The maximum absolute atomic E-state index is 13.1. The second-order valence-corrected chi connectivity index (χ2v) is 7.70. The minimum absolute atomic E-state index is 0.0713. The monoisotopic (exact) mass is 418 g/mol. The lowest BCUT2D eigenvalue weighted by Crippen LogP contribution is -2.27. The highest BCUT2D eigenvalue weighted by Crippen LogP contribution is 2.37. The molecule has 1 heterocycles. The molecule has 1 unspecified atom stereocenters. The van der Waals surface area contributed by atoms with Crippen LogP contribution in [0, 0.1) is 0 Å². The number of ketones is 2. The van der Waals surface area contributed by atoms with E-state index in [2.05, 4.69) is 10.3 Å². The Kier molecular flexibility index (Phi) is 6.80. The number of nitrogens with zero attached hydrogens (tertiary/aromatic N) is 1. The highest BCUT2D eigenvalue weighted by Gasteiger charge is 2.33. The Morgan fingerprint density at radius 2 is 1.71 bits per heavy atom. The molecule has 31 heavy (non-hydrogen) atoms. The van der Waals surface area contributed by atoms with Crippen molar-refractivity contribution in [2.75, 3.05) is 6.54 Å². The van der Waals surface area contributed by atoms with Crippen molar-refractivity contribution >= 4 is 17.5 Å². The number of hydrogen-bond donors (Lipinski definition) is 2. The third-order valence-electron chi connectivity index (χ3n) is 5.77. The van der Waals surface area contributed by atoms with E-state index in [0.717, 1.165) is 5.56 Å². The van der Waals surface area contributed by atoms with E-state index >= 15 is 0 Å². The van der Waals surface area contributed by atoms with Gasteiger partial charge in [-0.15, -0.1) is 0 Å². The van der Waals surface area contributed by atoms with Gasteiger partial charge < -0.3 is 10.4 Å². The van der Waals surface area contributed by atoms with Crippen LogP contribution in [0.2, 0.25) is 0 Å². The van der Waals surface area contributed by atoms with Gasteiger partial charge in [-0.3, -0.25) is 19.4 Å². The smallest absolute Gasteiger partial charge is 0.255 e. The number of Topliss-reactive ketones (excluding diaryl/α,β-unsaturated/α-hetero) is 2. The molecular formula is C25H26N2O4. The Morgan fingerprint density at radius 1 is 1.00 bits per heavy atom. The summed E-state index contributed by atoms with van der Waals surface area (Å²) in [6, 6.07) is 10.1. The number of amides is 1. The number of rotatable bonds is 7. The number of benzene rings is 1. The first-order valence-corrected chi connectivity index (χ1v) is 10.3. The summed E-state index contributed by atoms with van der Waals surface area (Å²) in [5.41, 5.74) is 3.03. The molecule has 0 saturated carbocycles. The number of carbonyl (C=O) groups is 3. The maximum atomic E-state index is 13.1. The van der Waals surface area contributed by atoms with E-state index in [-0.39, 0.29) is 34.7 Å². The van der Waals surface area contributed by atoms with Crippen molar-refractivity contribution in [3.05, 3.63) is 82.2 Å². The lowest BCUT2D eigenvalue weighted by atomic mass is 9.76. The van der Waals surface area contributed by atoms with Gasteiger partial charge >= 0.3 is 0 Å². The van der Waals surface area contributed by atoms with E-state index in [9.17, 15) is 19.5 Å². The zero-order chi connectivity index (χ0) is 22.5. The molecule has 0 saturated heterocycles. The molecule has 160 valence electrons. The highest BCUT2D eigenvalue weighted by atomic mass is 16.3. The van der Waals surface area contributed by atoms with Gasteiger partial charge in [-0.25, -0.2) is 0 Å². The van der Waals surface area contributed by atoms with Crippen LogP contribution in [-0.4, -0.2) is 34.1 Å². The zero-order valence-corrected chi connectivity index (χ0v) is 17.9. The molecule has 1 aliphatic carbocycles. The Balaban J connectivity index is 1.77. The standard InChI is InChI=1S/C25H26N2O4/c1-15-16(2)24(30)22(17(3)23(15)29)19(18-8-6-12-26-14-18)10-7-13-27-25(31)20-9-4-5-11-21(20)28/h4-6,8-9,11-12,14,19,28H,7,10,13H2,1-3H3,(H,27,31). The van der Waals surface area contributed by atoms with Gasteiger partial charge in [0.15, 0.2) is 11.6 Å². The first-order chi connectivity index (χ1) is 14.8. The SMILES string of the molecule is CC1=C(C)C(=O)C(C(CCCNC(=O)c2ccccc2O)c2cccnc2)=C(C)C1=O. The molecule has 0 bridgehead atoms. The summed E-state index contributed by atoms with van der Waals surface area (Å²) in [4.78, 5) is 42.2. The summed E-state index contributed by atoms with van der Waals surface area (Å²) in [6.45, 7) is 5.44. The Morgan fingerprint density at radius 3 is 2.39 bits per heavy atom. The summed E-state index contributed by atoms with van der Waals surface area (Å²) < 4.78 is 0. The quantitative estimate of drug-likeness (QED) is 0.525. The minimum Gasteiger partial charge on any atom is -0.507 e. The van der Waals surface area contributed by atoms with E-state index in [0.29, 0.717) is 41.7 Å². The fourth-order valence-electron chi connectivity index (χ4n) is 3.86. The molecule has 0 spiro atoms. The van der Waals surface area contributed by atoms with Gasteiger partial charge in [-0.05, 0) is 57.4 Å². The molecule has 0 radical (unpaired) electrons. The van der Waals surface area contributed by atoms with Gasteiger partial charge in [-0.1, -0.05) is 18.2 Å². The number of carbonyl (C=O) groups excluding carboxylic acids is 3. The van der Waals surface area contributed by atoms with Crippen LogP contribution in [0.5, 0.6) is 5.75 Å². The zero-order valence-electron chi connectivity index (χ0n) is 17.9. The number of para-hydroxylation sites is 1. The molecule has 2 N–H and O–H groups in total. The first kappa shape index (κ1) is 22.2. The molecule has 0 fully saturated rings.